The van der Waals surface area contributed by atoms with Gasteiger partial charge in [0.05, 0.1) is 5.92 Å². The van der Waals surface area contributed by atoms with Crippen molar-refractivity contribution in [2.24, 2.45) is 11.7 Å². The first-order chi connectivity index (χ1) is 9.99. The number of rotatable bonds is 5. The van der Waals surface area contributed by atoms with Crippen LogP contribution in [0.5, 0.6) is 0 Å². The Labute approximate surface area is 125 Å². The van der Waals surface area contributed by atoms with Gasteiger partial charge < -0.3 is 16.0 Å². The maximum absolute atomic E-state index is 12.1. The second-order valence-electron chi connectivity index (χ2n) is 5.81. The summed E-state index contributed by atoms with van der Waals surface area (Å²) in [5.74, 6) is -0.305. The van der Waals surface area contributed by atoms with Crippen molar-refractivity contribution >= 4 is 11.8 Å². The number of carbonyl (C=O) groups is 2. The third-order valence-corrected chi connectivity index (χ3v) is 3.82. The minimum absolute atomic E-state index is 0.0381. The average molecular weight is 289 g/mol. The first kappa shape index (κ1) is 15.5. The molecule has 21 heavy (non-hydrogen) atoms. The molecule has 5 heteroatoms. The van der Waals surface area contributed by atoms with E-state index < -0.39 is 0 Å². The molecular formula is C16H23N3O2. The standard InChI is InChI=1S/C16H23N3O2/c1-11-3-5-13(6-4-11)9-19-10-14(7-15(19)20)16(21)18-12(2)8-17/h3-6,12,14H,7-10,17H2,1-2H3,(H,18,21)/t12-,14?/m0/s1. The van der Waals surface area contributed by atoms with Gasteiger partial charge in [-0.05, 0) is 19.4 Å². The number of carbonyl (C=O) groups excluding carboxylic acids is 2. The molecule has 114 valence electrons. The van der Waals surface area contributed by atoms with Crippen LogP contribution in [0.4, 0.5) is 0 Å². The van der Waals surface area contributed by atoms with Gasteiger partial charge in [-0.1, -0.05) is 29.8 Å². The van der Waals surface area contributed by atoms with E-state index in [4.69, 9.17) is 5.73 Å². The maximum Gasteiger partial charge on any atom is 0.225 e. The molecule has 1 fully saturated rings. The fourth-order valence-corrected chi connectivity index (χ4v) is 2.43. The monoisotopic (exact) mass is 289 g/mol. The van der Waals surface area contributed by atoms with E-state index >= 15 is 0 Å². The highest BCUT2D eigenvalue weighted by molar-refractivity contribution is 5.89. The second kappa shape index (κ2) is 6.72. The summed E-state index contributed by atoms with van der Waals surface area (Å²) in [4.78, 5) is 25.8. The Morgan fingerprint density at radius 2 is 2.10 bits per heavy atom. The third-order valence-electron chi connectivity index (χ3n) is 3.82. The first-order valence-corrected chi connectivity index (χ1v) is 7.33. The molecule has 0 radical (unpaired) electrons. The summed E-state index contributed by atoms with van der Waals surface area (Å²) in [5.41, 5.74) is 7.78. The largest absolute Gasteiger partial charge is 0.352 e. The van der Waals surface area contributed by atoms with E-state index in [1.54, 1.807) is 4.90 Å². The molecule has 1 aliphatic rings. The second-order valence-corrected chi connectivity index (χ2v) is 5.81. The number of nitrogens with two attached hydrogens (primary N) is 1. The topological polar surface area (TPSA) is 75.4 Å². The van der Waals surface area contributed by atoms with Crippen molar-refractivity contribution in [3.63, 3.8) is 0 Å². The highest BCUT2D eigenvalue weighted by Crippen LogP contribution is 2.20. The van der Waals surface area contributed by atoms with E-state index in [1.165, 1.54) is 5.56 Å². The van der Waals surface area contributed by atoms with E-state index in [2.05, 4.69) is 5.32 Å². The molecule has 2 amide bonds. The van der Waals surface area contributed by atoms with Crippen molar-refractivity contribution in [2.75, 3.05) is 13.1 Å². The summed E-state index contributed by atoms with van der Waals surface area (Å²) in [6.07, 6.45) is 0.287. The quantitative estimate of drug-likeness (QED) is 0.842. The Bertz CT molecular complexity index is 513. The molecular weight excluding hydrogens is 266 g/mol. The molecule has 0 bridgehead atoms. The number of amides is 2. The highest BCUT2D eigenvalue weighted by Gasteiger charge is 2.34. The van der Waals surface area contributed by atoms with Gasteiger partial charge in [0.2, 0.25) is 11.8 Å². The summed E-state index contributed by atoms with van der Waals surface area (Å²) in [6, 6.07) is 8.05. The van der Waals surface area contributed by atoms with Crippen molar-refractivity contribution in [3.8, 4) is 0 Å². The first-order valence-electron chi connectivity index (χ1n) is 7.33. The summed E-state index contributed by atoms with van der Waals surface area (Å²) >= 11 is 0. The highest BCUT2D eigenvalue weighted by atomic mass is 16.2. The van der Waals surface area contributed by atoms with Gasteiger partial charge in [-0.2, -0.15) is 0 Å². The maximum atomic E-state index is 12.1. The lowest BCUT2D eigenvalue weighted by Crippen LogP contribution is -2.41. The Morgan fingerprint density at radius 3 is 2.71 bits per heavy atom. The van der Waals surface area contributed by atoms with Crippen LogP contribution in [-0.2, 0) is 16.1 Å². The minimum Gasteiger partial charge on any atom is -0.352 e. The van der Waals surface area contributed by atoms with Crippen molar-refractivity contribution in [3.05, 3.63) is 35.4 Å². The summed E-state index contributed by atoms with van der Waals surface area (Å²) in [6.45, 7) is 5.34. The SMILES string of the molecule is Cc1ccc(CN2CC(C(=O)N[C@@H](C)CN)CC2=O)cc1. The minimum atomic E-state index is -0.267. The van der Waals surface area contributed by atoms with Crippen LogP contribution in [0.25, 0.3) is 0 Å². The van der Waals surface area contributed by atoms with Crippen LogP contribution in [0.15, 0.2) is 24.3 Å². The molecule has 5 nitrogen and oxygen atoms in total. The number of likely N-dealkylation sites (tertiary alicyclic amines) is 1. The number of nitrogens with zero attached hydrogens (tertiary/aromatic N) is 1. The van der Waals surface area contributed by atoms with Gasteiger partial charge in [-0.25, -0.2) is 0 Å². The third kappa shape index (κ3) is 4.04. The van der Waals surface area contributed by atoms with E-state index in [-0.39, 0.29) is 30.2 Å². The van der Waals surface area contributed by atoms with Gasteiger partial charge in [0.1, 0.15) is 0 Å². The molecule has 1 aromatic rings. The van der Waals surface area contributed by atoms with Crippen LogP contribution in [0.3, 0.4) is 0 Å². The lowest BCUT2D eigenvalue weighted by molar-refractivity contribution is -0.129. The summed E-state index contributed by atoms with van der Waals surface area (Å²) in [7, 11) is 0. The number of nitrogens with one attached hydrogen (secondary N) is 1. The van der Waals surface area contributed by atoms with E-state index in [9.17, 15) is 9.59 Å². The van der Waals surface area contributed by atoms with Gasteiger partial charge in [0, 0.05) is 32.1 Å². The van der Waals surface area contributed by atoms with Crippen LogP contribution < -0.4 is 11.1 Å². The Kier molecular flexibility index (Phi) is 4.96. The predicted octanol–water partition coefficient (Wildman–Crippen LogP) is 0.807. The van der Waals surface area contributed by atoms with Crippen LogP contribution >= 0.6 is 0 Å². The molecule has 2 rings (SSSR count). The fraction of sp³-hybridized carbons (Fsp3) is 0.500. The Morgan fingerprint density at radius 1 is 1.43 bits per heavy atom. The van der Waals surface area contributed by atoms with Gasteiger partial charge in [-0.15, -0.1) is 0 Å². The number of benzene rings is 1. The predicted molar refractivity (Wildman–Crippen MR) is 81.4 cm³/mol. The summed E-state index contributed by atoms with van der Waals surface area (Å²) in [5, 5.41) is 2.84. The Balaban J connectivity index is 1.93. The summed E-state index contributed by atoms with van der Waals surface area (Å²) < 4.78 is 0. The lowest BCUT2D eigenvalue weighted by Gasteiger charge is -2.18. The smallest absolute Gasteiger partial charge is 0.225 e. The van der Waals surface area contributed by atoms with Crippen molar-refractivity contribution in [2.45, 2.75) is 32.9 Å². The van der Waals surface area contributed by atoms with Crippen LogP contribution in [0, 0.1) is 12.8 Å². The van der Waals surface area contributed by atoms with Gasteiger partial charge in [0.25, 0.3) is 0 Å². The molecule has 0 saturated carbocycles. The molecule has 0 aromatic heterocycles. The molecule has 2 atom stereocenters. The molecule has 1 saturated heterocycles. The zero-order valence-corrected chi connectivity index (χ0v) is 12.6. The fourth-order valence-electron chi connectivity index (χ4n) is 2.43. The van der Waals surface area contributed by atoms with E-state index in [0.29, 0.717) is 19.6 Å². The molecule has 1 aliphatic heterocycles. The number of aryl methyl sites for hydroxylation is 1. The lowest BCUT2D eigenvalue weighted by atomic mass is 10.1. The van der Waals surface area contributed by atoms with Crippen LogP contribution in [-0.4, -0.2) is 35.8 Å². The van der Waals surface area contributed by atoms with E-state index in [0.717, 1.165) is 5.56 Å². The van der Waals surface area contributed by atoms with Gasteiger partial charge >= 0.3 is 0 Å². The van der Waals surface area contributed by atoms with Crippen molar-refractivity contribution in [1.29, 1.82) is 0 Å². The van der Waals surface area contributed by atoms with Crippen LogP contribution in [0.1, 0.15) is 24.5 Å². The molecule has 0 aliphatic carbocycles. The zero-order valence-electron chi connectivity index (χ0n) is 12.6. The zero-order chi connectivity index (χ0) is 15.4. The van der Waals surface area contributed by atoms with Crippen LogP contribution in [0.2, 0.25) is 0 Å². The van der Waals surface area contributed by atoms with E-state index in [1.807, 2.05) is 38.1 Å². The normalized spacial score (nSPS) is 19.7. The molecule has 1 unspecified atom stereocenters. The number of hydrogen-bond donors (Lipinski definition) is 2. The van der Waals surface area contributed by atoms with Crippen molar-refractivity contribution in [1.82, 2.24) is 10.2 Å². The average Bonchev–Trinajstić information content (AvgIpc) is 2.82. The van der Waals surface area contributed by atoms with Gasteiger partial charge in [0.15, 0.2) is 0 Å². The van der Waals surface area contributed by atoms with Crippen molar-refractivity contribution < 1.29 is 9.59 Å². The number of hydrogen-bond acceptors (Lipinski definition) is 3. The Hall–Kier alpha value is -1.88. The molecule has 1 heterocycles. The van der Waals surface area contributed by atoms with Gasteiger partial charge in [-0.3, -0.25) is 9.59 Å². The molecule has 0 spiro atoms. The molecule has 3 N–H and O–H groups in total. The molecule has 1 aromatic carbocycles.